The molecule has 7 heteroatoms. The molecule has 5 nitrogen and oxygen atoms in total. The first kappa shape index (κ1) is 16.6. The highest BCUT2D eigenvalue weighted by Gasteiger charge is 2.32. The average Bonchev–Trinajstić information content (AvgIpc) is 2.40. The maximum absolute atomic E-state index is 12.3. The minimum atomic E-state index is -3.24. The third kappa shape index (κ3) is 4.88. The zero-order chi connectivity index (χ0) is 15.5. The number of nitrogen functional groups attached to an aromatic ring is 1. The highest BCUT2D eigenvalue weighted by Crippen LogP contribution is 2.24. The van der Waals surface area contributed by atoms with E-state index >= 15 is 0 Å². The molecule has 0 saturated carbocycles. The molecule has 1 fully saturated rings. The van der Waals surface area contributed by atoms with E-state index in [0.29, 0.717) is 37.4 Å². The molecular formula is C14H22N2O3S2. The lowest BCUT2D eigenvalue weighted by molar-refractivity contribution is 0.0126. The van der Waals surface area contributed by atoms with Gasteiger partial charge in [-0.15, -0.1) is 11.8 Å². The number of thioether (sulfide) groups is 1. The number of anilines is 1. The van der Waals surface area contributed by atoms with Crippen LogP contribution < -0.4 is 5.73 Å². The summed E-state index contributed by atoms with van der Waals surface area (Å²) >= 11 is 1.51. The van der Waals surface area contributed by atoms with Crippen LogP contribution in [0.3, 0.4) is 0 Å². The van der Waals surface area contributed by atoms with E-state index in [2.05, 4.69) is 0 Å². The molecule has 0 aromatic heterocycles. The second kappa shape index (κ2) is 6.56. The van der Waals surface area contributed by atoms with Crippen LogP contribution in [0.25, 0.3) is 0 Å². The van der Waals surface area contributed by atoms with E-state index in [-0.39, 0.29) is 5.75 Å². The van der Waals surface area contributed by atoms with E-state index < -0.39 is 15.6 Å². The number of benzene rings is 1. The molecule has 0 atom stereocenters. The molecule has 0 bridgehead atoms. The molecule has 21 heavy (non-hydrogen) atoms. The Hall–Kier alpha value is -0.760. The van der Waals surface area contributed by atoms with E-state index in [1.807, 2.05) is 24.3 Å². The Morgan fingerprint density at radius 1 is 1.29 bits per heavy atom. The minimum Gasteiger partial charge on any atom is -0.399 e. The Balaban J connectivity index is 1.83. The second-order valence-electron chi connectivity index (χ2n) is 5.63. The first-order chi connectivity index (χ1) is 9.78. The Bertz CT molecular complexity index is 560. The van der Waals surface area contributed by atoms with Crippen molar-refractivity contribution in [3.63, 3.8) is 0 Å². The number of piperidine rings is 1. The summed E-state index contributed by atoms with van der Waals surface area (Å²) in [6.07, 6.45) is 0.995. The number of aliphatic hydroxyl groups is 1. The predicted octanol–water partition coefficient (Wildman–Crippen LogP) is 1.54. The van der Waals surface area contributed by atoms with Gasteiger partial charge in [0.25, 0.3) is 0 Å². The van der Waals surface area contributed by atoms with Gasteiger partial charge in [-0.1, -0.05) is 0 Å². The van der Waals surface area contributed by atoms with E-state index in [1.54, 1.807) is 6.92 Å². The van der Waals surface area contributed by atoms with Crippen molar-refractivity contribution >= 4 is 27.5 Å². The van der Waals surface area contributed by atoms with Gasteiger partial charge >= 0.3 is 0 Å². The number of nitrogens with two attached hydrogens (primary N) is 1. The molecule has 0 amide bonds. The van der Waals surface area contributed by atoms with Crippen LogP contribution in [0.1, 0.15) is 19.8 Å². The highest BCUT2D eigenvalue weighted by molar-refractivity contribution is 8.00. The van der Waals surface area contributed by atoms with Gasteiger partial charge in [0, 0.05) is 29.4 Å². The van der Waals surface area contributed by atoms with Gasteiger partial charge in [0.1, 0.15) is 0 Å². The van der Waals surface area contributed by atoms with E-state index in [9.17, 15) is 13.5 Å². The van der Waals surface area contributed by atoms with Gasteiger partial charge in [0.15, 0.2) is 0 Å². The molecule has 1 aromatic rings. The zero-order valence-electron chi connectivity index (χ0n) is 12.2. The molecule has 3 N–H and O–H groups in total. The largest absolute Gasteiger partial charge is 0.399 e. The van der Waals surface area contributed by atoms with Crippen molar-refractivity contribution in [1.29, 1.82) is 0 Å². The monoisotopic (exact) mass is 330 g/mol. The van der Waals surface area contributed by atoms with E-state index in [0.717, 1.165) is 4.90 Å². The van der Waals surface area contributed by atoms with Crippen molar-refractivity contribution in [2.24, 2.45) is 0 Å². The van der Waals surface area contributed by atoms with Gasteiger partial charge in [0.2, 0.25) is 10.0 Å². The molecule has 0 unspecified atom stereocenters. The van der Waals surface area contributed by atoms with Crippen molar-refractivity contribution < 1.29 is 13.5 Å². The summed E-state index contributed by atoms with van der Waals surface area (Å²) in [5.41, 5.74) is 5.58. The molecule has 1 aromatic carbocycles. The number of rotatable bonds is 5. The number of nitrogens with zero attached hydrogens (tertiary/aromatic N) is 1. The summed E-state index contributed by atoms with van der Waals surface area (Å²) in [7, 11) is -3.24. The summed E-state index contributed by atoms with van der Waals surface area (Å²) < 4.78 is 26.0. The average molecular weight is 330 g/mol. The molecule has 1 saturated heterocycles. The Morgan fingerprint density at radius 3 is 2.43 bits per heavy atom. The smallest absolute Gasteiger partial charge is 0.214 e. The van der Waals surface area contributed by atoms with E-state index in [1.165, 1.54) is 16.1 Å². The summed E-state index contributed by atoms with van der Waals surface area (Å²) in [5, 5.41) is 9.87. The van der Waals surface area contributed by atoms with Crippen molar-refractivity contribution in [3.8, 4) is 0 Å². The van der Waals surface area contributed by atoms with Gasteiger partial charge in [0.05, 0.1) is 11.4 Å². The Morgan fingerprint density at radius 2 is 1.86 bits per heavy atom. The molecule has 0 aliphatic carbocycles. The van der Waals surface area contributed by atoms with Crippen molar-refractivity contribution in [2.75, 3.05) is 30.3 Å². The van der Waals surface area contributed by atoms with Gasteiger partial charge in [-0.25, -0.2) is 12.7 Å². The maximum atomic E-state index is 12.3. The maximum Gasteiger partial charge on any atom is 0.214 e. The lowest BCUT2D eigenvalue weighted by Gasteiger charge is -2.34. The van der Waals surface area contributed by atoms with Crippen LogP contribution in [0.5, 0.6) is 0 Å². The van der Waals surface area contributed by atoms with Gasteiger partial charge < -0.3 is 10.8 Å². The summed E-state index contributed by atoms with van der Waals surface area (Å²) in [4.78, 5) is 1.01. The summed E-state index contributed by atoms with van der Waals surface area (Å²) in [6.45, 7) is 2.57. The van der Waals surface area contributed by atoms with Crippen LogP contribution in [0, 0.1) is 0 Å². The lowest BCUT2D eigenvalue weighted by atomic mass is 9.95. The molecule has 1 aliphatic rings. The zero-order valence-corrected chi connectivity index (χ0v) is 13.8. The summed E-state index contributed by atoms with van der Waals surface area (Å²) in [6, 6.07) is 7.41. The molecule has 2 rings (SSSR count). The third-order valence-corrected chi connectivity index (χ3v) is 6.83. The van der Waals surface area contributed by atoms with Crippen LogP contribution in [-0.4, -0.2) is 48.0 Å². The van der Waals surface area contributed by atoms with Gasteiger partial charge in [-0.3, -0.25) is 0 Å². The summed E-state index contributed by atoms with van der Waals surface area (Å²) in [5.74, 6) is 0.628. The van der Waals surface area contributed by atoms with Crippen LogP contribution in [-0.2, 0) is 10.0 Å². The first-order valence-corrected chi connectivity index (χ1v) is 9.57. The topological polar surface area (TPSA) is 83.6 Å². The van der Waals surface area contributed by atoms with Crippen molar-refractivity contribution in [1.82, 2.24) is 4.31 Å². The Labute approximate surface area is 130 Å². The lowest BCUT2D eigenvalue weighted by Crippen LogP contribution is -2.46. The molecular weight excluding hydrogens is 308 g/mol. The Kier molecular flexibility index (Phi) is 5.19. The van der Waals surface area contributed by atoms with Crippen LogP contribution in [0.2, 0.25) is 0 Å². The fraction of sp³-hybridized carbons (Fsp3) is 0.571. The fourth-order valence-electron chi connectivity index (χ4n) is 2.20. The molecule has 0 radical (unpaired) electrons. The number of hydrogen-bond acceptors (Lipinski definition) is 5. The van der Waals surface area contributed by atoms with Crippen molar-refractivity contribution in [2.45, 2.75) is 30.3 Å². The fourth-order valence-corrected chi connectivity index (χ4v) is 4.94. The van der Waals surface area contributed by atoms with Crippen LogP contribution >= 0.6 is 11.8 Å². The number of hydrogen-bond donors (Lipinski definition) is 2. The predicted molar refractivity (Wildman–Crippen MR) is 86.8 cm³/mol. The van der Waals surface area contributed by atoms with Crippen LogP contribution in [0.4, 0.5) is 5.69 Å². The van der Waals surface area contributed by atoms with Crippen molar-refractivity contribution in [3.05, 3.63) is 24.3 Å². The molecule has 1 aliphatic heterocycles. The minimum absolute atomic E-state index is 0.115. The number of sulfonamides is 1. The van der Waals surface area contributed by atoms with Crippen LogP contribution in [0.15, 0.2) is 29.2 Å². The molecule has 118 valence electrons. The standard InChI is InChI=1S/C14H22N2O3S2/c1-14(17)6-8-16(9-7-14)21(18,19)11-10-20-13-4-2-12(15)3-5-13/h2-5,17H,6-11,15H2,1H3. The second-order valence-corrected chi connectivity index (χ2v) is 8.89. The van der Waals surface area contributed by atoms with Gasteiger partial charge in [-0.2, -0.15) is 0 Å². The highest BCUT2D eigenvalue weighted by atomic mass is 32.2. The SMILES string of the molecule is CC1(O)CCN(S(=O)(=O)CCSc2ccc(N)cc2)CC1. The van der Waals surface area contributed by atoms with Gasteiger partial charge in [-0.05, 0) is 44.0 Å². The quantitative estimate of drug-likeness (QED) is 0.632. The molecule has 1 heterocycles. The van der Waals surface area contributed by atoms with E-state index in [4.69, 9.17) is 5.73 Å². The normalized spacial score (nSPS) is 19.5. The third-order valence-electron chi connectivity index (χ3n) is 3.68. The molecule has 0 spiro atoms. The first-order valence-electron chi connectivity index (χ1n) is 6.97.